The highest BCUT2D eigenvalue weighted by Crippen LogP contribution is 2.27. The Labute approximate surface area is 188 Å². The van der Waals surface area contributed by atoms with E-state index in [1.165, 1.54) is 36.9 Å². The second-order valence-corrected chi connectivity index (χ2v) is 10.1. The molecule has 1 fully saturated rings. The number of fused-ring (bicyclic) bond motifs is 2. The zero-order valence-corrected chi connectivity index (χ0v) is 19.2. The van der Waals surface area contributed by atoms with Crippen LogP contribution in [0.2, 0.25) is 0 Å². The van der Waals surface area contributed by atoms with E-state index < -0.39 is 0 Å². The number of thioether (sulfide) groups is 1. The fourth-order valence-corrected chi connectivity index (χ4v) is 6.09. The molecular weight excluding hydrogens is 408 g/mol. The fourth-order valence-electron chi connectivity index (χ4n) is 5.14. The average molecular weight is 441 g/mol. The Balaban J connectivity index is 1.24. The van der Waals surface area contributed by atoms with E-state index in [1.807, 2.05) is 24.8 Å². The molecule has 1 aliphatic carbocycles. The highest BCUT2D eigenvalue weighted by atomic mass is 32.2. The van der Waals surface area contributed by atoms with Crippen molar-refractivity contribution in [3.05, 3.63) is 44.8 Å². The third-order valence-electron chi connectivity index (χ3n) is 6.80. The Morgan fingerprint density at radius 3 is 3.00 bits per heavy atom. The lowest BCUT2D eigenvalue weighted by Gasteiger charge is -2.36. The average Bonchev–Trinajstić information content (AvgIpc) is 3.25. The molecule has 166 valence electrons. The topological polar surface area (TPSA) is 75.9 Å². The molecule has 5 rings (SSSR count). The van der Waals surface area contributed by atoms with Gasteiger partial charge in [-0.25, -0.2) is 14.6 Å². The molecule has 3 aliphatic rings. The normalized spacial score (nSPS) is 21.0. The SMILES string of the molecule is Cc1nc2c(c(NCC3CCCCN3CCn3nc4c(cc3=O)CSCC4)n1)CCC2. The summed E-state index contributed by atoms with van der Waals surface area (Å²) in [6, 6.07) is 2.27. The maximum absolute atomic E-state index is 12.5. The summed E-state index contributed by atoms with van der Waals surface area (Å²) >= 11 is 1.89. The van der Waals surface area contributed by atoms with Gasteiger partial charge in [-0.3, -0.25) is 9.69 Å². The van der Waals surface area contributed by atoms with Crippen molar-refractivity contribution < 1.29 is 0 Å². The first kappa shape index (κ1) is 20.9. The Bertz CT molecular complexity index is 1010. The minimum atomic E-state index is 0.0416. The van der Waals surface area contributed by atoms with Crippen LogP contribution in [0.1, 0.15) is 54.0 Å². The number of likely N-dealkylation sites (tertiary alicyclic amines) is 1. The molecule has 2 aromatic rings. The van der Waals surface area contributed by atoms with Gasteiger partial charge in [0.05, 0.1) is 12.2 Å². The predicted molar refractivity (Wildman–Crippen MR) is 125 cm³/mol. The Morgan fingerprint density at radius 1 is 1.13 bits per heavy atom. The number of aromatic nitrogens is 4. The Kier molecular flexibility index (Phi) is 6.27. The van der Waals surface area contributed by atoms with Crippen molar-refractivity contribution >= 4 is 17.6 Å². The van der Waals surface area contributed by atoms with Crippen LogP contribution in [0.15, 0.2) is 10.9 Å². The first-order valence-corrected chi connectivity index (χ1v) is 12.8. The van der Waals surface area contributed by atoms with Crippen LogP contribution in [0.4, 0.5) is 5.82 Å². The van der Waals surface area contributed by atoms with Crippen LogP contribution in [-0.2, 0) is 31.6 Å². The van der Waals surface area contributed by atoms with Gasteiger partial charge < -0.3 is 5.32 Å². The largest absolute Gasteiger partial charge is 0.368 e. The summed E-state index contributed by atoms with van der Waals surface area (Å²) in [6.07, 6.45) is 7.98. The summed E-state index contributed by atoms with van der Waals surface area (Å²) in [5.41, 5.74) is 4.83. The standard InChI is InChI=1S/C23H32N6OS/c1-16-25-21-7-4-6-19(21)23(26-16)24-14-18-5-2-3-9-28(18)10-11-29-22(30)13-17-15-31-12-8-20(17)27-29/h13,18H,2-12,14-15H2,1H3,(H,24,25,26). The van der Waals surface area contributed by atoms with Gasteiger partial charge in [-0.15, -0.1) is 0 Å². The van der Waals surface area contributed by atoms with Crippen molar-refractivity contribution in [3.8, 4) is 0 Å². The molecule has 1 atom stereocenters. The van der Waals surface area contributed by atoms with Gasteiger partial charge >= 0.3 is 0 Å². The smallest absolute Gasteiger partial charge is 0.267 e. The van der Waals surface area contributed by atoms with Crippen LogP contribution < -0.4 is 10.9 Å². The van der Waals surface area contributed by atoms with Gasteiger partial charge in [0.2, 0.25) is 0 Å². The molecule has 2 aliphatic heterocycles. The van der Waals surface area contributed by atoms with Crippen molar-refractivity contribution in [1.29, 1.82) is 0 Å². The molecule has 0 aromatic carbocycles. The Morgan fingerprint density at radius 2 is 2.06 bits per heavy atom. The van der Waals surface area contributed by atoms with Crippen LogP contribution in [0, 0.1) is 6.92 Å². The van der Waals surface area contributed by atoms with E-state index in [0.29, 0.717) is 12.6 Å². The number of rotatable bonds is 6. The molecule has 0 spiro atoms. The highest BCUT2D eigenvalue weighted by molar-refractivity contribution is 7.98. The first-order chi connectivity index (χ1) is 15.2. The maximum atomic E-state index is 12.5. The molecular formula is C23H32N6OS. The quantitative estimate of drug-likeness (QED) is 0.740. The van der Waals surface area contributed by atoms with E-state index in [0.717, 1.165) is 73.3 Å². The molecule has 4 heterocycles. The summed E-state index contributed by atoms with van der Waals surface area (Å²) in [4.78, 5) is 24.4. The van der Waals surface area contributed by atoms with Crippen molar-refractivity contribution in [1.82, 2.24) is 24.6 Å². The molecule has 31 heavy (non-hydrogen) atoms. The van der Waals surface area contributed by atoms with Crippen LogP contribution in [0.3, 0.4) is 0 Å². The molecule has 0 bridgehead atoms. The lowest BCUT2D eigenvalue weighted by molar-refractivity contribution is 0.147. The van der Waals surface area contributed by atoms with Crippen LogP contribution in [0.5, 0.6) is 0 Å². The molecule has 0 amide bonds. The zero-order chi connectivity index (χ0) is 21.2. The van der Waals surface area contributed by atoms with E-state index in [9.17, 15) is 4.79 Å². The van der Waals surface area contributed by atoms with Gasteiger partial charge in [0.25, 0.3) is 5.56 Å². The summed E-state index contributed by atoms with van der Waals surface area (Å²) in [6.45, 7) is 5.50. The van der Waals surface area contributed by atoms with Crippen molar-refractivity contribution in [3.63, 3.8) is 0 Å². The third kappa shape index (κ3) is 4.65. The number of piperidine rings is 1. The van der Waals surface area contributed by atoms with Crippen molar-refractivity contribution in [2.45, 2.75) is 70.2 Å². The number of nitrogens with zero attached hydrogens (tertiary/aromatic N) is 5. The van der Waals surface area contributed by atoms with Gasteiger partial charge in [0.1, 0.15) is 11.6 Å². The molecule has 8 heteroatoms. The van der Waals surface area contributed by atoms with Gasteiger partial charge in [-0.05, 0) is 56.9 Å². The van der Waals surface area contributed by atoms with E-state index >= 15 is 0 Å². The Hall–Kier alpha value is -1.93. The van der Waals surface area contributed by atoms with Gasteiger partial charge in [-0.2, -0.15) is 16.9 Å². The molecule has 2 aromatic heterocycles. The molecule has 1 saturated heterocycles. The van der Waals surface area contributed by atoms with E-state index in [4.69, 9.17) is 10.1 Å². The number of hydrogen-bond acceptors (Lipinski definition) is 7. The minimum absolute atomic E-state index is 0.0416. The molecule has 0 radical (unpaired) electrons. The highest BCUT2D eigenvalue weighted by Gasteiger charge is 2.24. The summed E-state index contributed by atoms with van der Waals surface area (Å²) in [7, 11) is 0. The number of aryl methyl sites for hydroxylation is 3. The number of nitrogens with one attached hydrogen (secondary N) is 1. The fraction of sp³-hybridized carbons (Fsp3) is 0.652. The molecule has 0 saturated carbocycles. The first-order valence-electron chi connectivity index (χ1n) is 11.7. The van der Waals surface area contributed by atoms with E-state index in [-0.39, 0.29) is 5.56 Å². The van der Waals surface area contributed by atoms with E-state index in [1.54, 1.807) is 4.68 Å². The predicted octanol–water partition coefficient (Wildman–Crippen LogP) is 2.59. The number of anilines is 1. The molecule has 1 unspecified atom stereocenters. The van der Waals surface area contributed by atoms with Crippen LogP contribution in [0.25, 0.3) is 0 Å². The second-order valence-electron chi connectivity index (χ2n) is 8.94. The molecule has 7 nitrogen and oxygen atoms in total. The lowest BCUT2D eigenvalue weighted by atomic mass is 10.0. The number of hydrogen-bond donors (Lipinski definition) is 1. The zero-order valence-electron chi connectivity index (χ0n) is 18.4. The van der Waals surface area contributed by atoms with Gasteiger partial charge in [0, 0.05) is 48.6 Å². The minimum Gasteiger partial charge on any atom is -0.368 e. The second kappa shape index (κ2) is 9.28. The molecule has 1 N–H and O–H groups in total. The third-order valence-corrected chi connectivity index (χ3v) is 7.81. The monoisotopic (exact) mass is 440 g/mol. The van der Waals surface area contributed by atoms with Crippen molar-refractivity contribution in [2.24, 2.45) is 0 Å². The van der Waals surface area contributed by atoms with Crippen LogP contribution >= 0.6 is 11.8 Å². The van der Waals surface area contributed by atoms with Crippen molar-refractivity contribution in [2.75, 3.05) is 30.7 Å². The van der Waals surface area contributed by atoms with Gasteiger partial charge in [-0.1, -0.05) is 6.42 Å². The summed E-state index contributed by atoms with van der Waals surface area (Å²) in [5.74, 6) is 3.92. The van der Waals surface area contributed by atoms with Crippen LogP contribution in [-0.4, -0.2) is 56.1 Å². The maximum Gasteiger partial charge on any atom is 0.267 e. The summed E-state index contributed by atoms with van der Waals surface area (Å²) in [5, 5.41) is 8.35. The van der Waals surface area contributed by atoms with E-state index in [2.05, 4.69) is 15.2 Å². The lowest BCUT2D eigenvalue weighted by Crippen LogP contribution is -2.46. The summed E-state index contributed by atoms with van der Waals surface area (Å²) < 4.78 is 1.69. The van der Waals surface area contributed by atoms with Gasteiger partial charge in [0.15, 0.2) is 0 Å².